The van der Waals surface area contributed by atoms with Crippen molar-refractivity contribution in [2.75, 3.05) is 37.6 Å². The maximum atomic E-state index is 11.9. The van der Waals surface area contributed by atoms with E-state index in [0.717, 1.165) is 61.4 Å². The van der Waals surface area contributed by atoms with Crippen LogP contribution in [0.25, 0.3) is 0 Å². The van der Waals surface area contributed by atoms with Gasteiger partial charge in [0.2, 0.25) is 10.3 Å². The van der Waals surface area contributed by atoms with E-state index in [2.05, 4.69) is 51.6 Å². The Morgan fingerprint density at radius 1 is 0.471 bits per heavy atom. The molecular weight excluding hydrogens is 1010 g/mol. The molecule has 0 atom stereocenters. The van der Waals surface area contributed by atoms with Crippen molar-refractivity contribution in [3.63, 3.8) is 0 Å². The highest BCUT2D eigenvalue weighted by Gasteiger charge is 2.40. The lowest BCUT2D eigenvalue weighted by molar-refractivity contribution is -0.193. The Hall–Kier alpha value is -6.76. The molecule has 0 unspecified atom stereocenters. The Morgan fingerprint density at radius 2 is 0.721 bits per heavy atom. The Morgan fingerprint density at radius 3 is 0.941 bits per heavy atom. The van der Waals surface area contributed by atoms with Gasteiger partial charge in [-0.2, -0.15) is 52.7 Å². The minimum atomic E-state index is -5.08. The summed E-state index contributed by atoms with van der Waals surface area (Å²) in [6.45, 7) is 2.05. The number of nitrogens with zero attached hydrogens (tertiary/aromatic N) is 6. The molecule has 0 radical (unpaired) electrons. The second-order valence-electron chi connectivity index (χ2n) is 11.9. The van der Waals surface area contributed by atoms with Crippen LogP contribution in [0, 0.1) is 0 Å². The van der Waals surface area contributed by atoms with E-state index in [1.807, 2.05) is 0 Å². The highest BCUT2D eigenvalue weighted by atomic mass is 32.1. The van der Waals surface area contributed by atoms with Crippen LogP contribution in [-0.4, -0.2) is 140 Å². The standard InChI is InChI=1S/C22H40N14O2S2.4C2HF3O2/c23-17(27-13-7-9-15-33-35-19(25)39-15)31-21(37)29-11-5-3-1-2-4-6-12-30-22(38)32-18(24)28-14-8-10-16-34-36-20(26)40-16;4*3-2(4,5)1(6)7/h1-14H2,(H2,25,35)(H2,26,36)(H4,23,27,29,31,37)(H4,24,28,30,32,38);4*(H,6,7). The Kier molecular flexibility index (Phi) is 32.4. The molecule has 0 aliphatic carbocycles. The van der Waals surface area contributed by atoms with Crippen molar-refractivity contribution in [3.8, 4) is 0 Å². The average Bonchev–Trinajstić information content (AvgIpc) is 3.81. The molecule has 390 valence electrons. The minimum Gasteiger partial charge on any atom is -0.475 e. The van der Waals surface area contributed by atoms with Gasteiger partial charge in [0.15, 0.2) is 11.9 Å². The number of aliphatic carboxylic acids is 4. The zero-order chi connectivity index (χ0) is 53.3. The largest absolute Gasteiger partial charge is 0.490 e. The summed E-state index contributed by atoms with van der Waals surface area (Å²) in [7, 11) is 0. The number of nitrogen functional groups attached to an aromatic ring is 2. The molecule has 2 rings (SSSR count). The molecule has 0 bridgehead atoms. The number of carboxylic acids is 4. The van der Waals surface area contributed by atoms with E-state index in [1.54, 1.807) is 0 Å². The molecule has 0 spiro atoms. The van der Waals surface area contributed by atoms with Crippen molar-refractivity contribution < 1.29 is 102 Å². The molecule has 4 amide bonds. The maximum Gasteiger partial charge on any atom is 0.490 e. The smallest absolute Gasteiger partial charge is 0.475 e. The SMILES string of the molecule is NC(=NCCCc1nnc(N)s1)NC(=O)NCCCCCCCCNC(=O)NC(N)=NCCCc1nnc(N)s1.O=C(O)C(F)(F)F.O=C(O)C(F)(F)F.O=C(O)C(F)(F)F.O=C(O)C(F)(F)F. The molecule has 38 heteroatoms. The topological polar surface area (TPSA) is 412 Å². The number of rotatable bonds is 17. The number of urea groups is 2. The van der Waals surface area contributed by atoms with Crippen molar-refractivity contribution in [3.05, 3.63) is 10.0 Å². The van der Waals surface area contributed by atoms with Gasteiger partial charge in [-0.3, -0.25) is 20.6 Å². The quantitative estimate of drug-likeness (QED) is 0.0468. The highest BCUT2D eigenvalue weighted by molar-refractivity contribution is 7.15. The van der Waals surface area contributed by atoms with E-state index in [9.17, 15) is 62.3 Å². The maximum absolute atomic E-state index is 11.9. The number of halogens is 12. The first-order valence-electron chi connectivity index (χ1n) is 18.1. The van der Waals surface area contributed by atoms with Crippen LogP contribution in [-0.2, 0) is 32.0 Å². The van der Waals surface area contributed by atoms with Crippen LogP contribution in [0.3, 0.4) is 0 Å². The number of aromatic nitrogens is 4. The lowest BCUT2D eigenvalue weighted by Gasteiger charge is -2.08. The molecule has 2 aromatic rings. The van der Waals surface area contributed by atoms with Crippen molar-refractivity contribution >= 4 is 80.8 Å². The van der Waals surface area contributed by atoms with Gasteiger partial charge in [-0.15, -0.1) is 20.4 Å². The second kappa shape index (κ2) is 33.7. The summed E-state index contributed by atoms with van der Waals surface area (Å²) in [5.74, 6) is -10.9. The van der Waals surface area contributed by atoms with Crippen molar-refractivity contribution in [2.45, 2.75) is 88.9 Å². The van der Waals surface area contributed by atoms with Crippen LogP contribution in [0.2, 0.25) is 0 Å². The summed E-state index contributed by atoms with van der Waals surface area (Å²) in [5.41, 5.74) is 22.6. The monoisotopic (exact) mass is 1050 g/mol. The first-order chi connectivity index (χ1) is 31.1. The fourth-order valence-corrected chi connectivity index (χ4v) is 4.66. The highest BCUT2D eigenvalue weighted by Crippen LogP contribution is 2.16. The number of guanidine groups is 2. The Bertz CT molecular complexity index is 1720. The number of amides is 4. The minimum absolute atomic E-state index is 0.0819. The third-order valence-electron chi connectivity index (χ3n) is 6.25. The molecule has 0 saturated carbocycles. The first kappa shape index (κ1) is 65.5. The predicted molar refractivity (Wildman–Crippen MR) is 214 cm³/mol. The van der Waals surface area contributed by atoms with Crippen molar-refractivity contribution in [1.82, 2.24) is 41.7 Å². The van der Waals surface area contributed by atoms with Gasteiger partial charge < -0.3 is 54.0 Å². The molecule has 0 saturated heterocycles. The van der Waals surface area contributed by atoms with Gasteiger partial charge in [0.05, 0.1) is 0 Å². The Labute approximate surface area is 382 Å². The third kappa shape index (κ3) is 40.7. The number of carbonyl (C=O) groups is 6. The summed E-state index contributed by atoms with van der Waals surface area (Å²) in [6.07, 6.45) is -11.6. The fraction of sp³-hybridized carbons (Fsp3) is 0.600. The average molecular weight is 1050 g/mol. The lowest BCUT2D eigenvalue weighted by Crippen LogP contribution is -2.43. The van der Waals surface area contributed by atoms with Gasteiger partial charge in [-0.1, -0.05) is 48.4 Å². The number of hydrogen-bond acceptors (Lipinski definition) is 16. The summed E-state index contributed by atoms with van der Waals surface area (Å²) in [4.78, 5) is 67.6. The number of hydrogen-bond donors (Lipinski definition) is 12. The number of carbonyl (C=O) groups excluding carboxylic acids is 2. The summed E-state index contributed by atoms with van der Waals surface area (Å²) < 4.78 is 127. The lowest BCUT2D eigenvalue weighted by atomic mass is 10.1. The first-order valence-corrected chi connectivity index (χ1v) is 19.8. The van der Waals surface area contributed by atoms with Crippen LogP contribution in [0.4, 0.5) is 72.5 Å². The molecule has 68 heavy (non-hydrogen) atoms. The molecule has 0 aromatic carbocycles. The van der Waals surface area contributed by atoms with Crippen molar-refractivity contribution in [1.29, 1.82) is 0 Å². The van der Waals surface area contributed by atoms with Gasteiger partial charge in [0, 0.05) is 39.0 Å². The molecule has 0 fully saturated rings. The van der Waals surface area contributed by atoms with Crippen LogP contribution >= 0.6 is 22.7 Å². The summed E-state index contributed by atoms with van der Waals surface area (Å²) in [5, 5.41) is 57.1. The van der Waals surface area contributed by atoms with E-state index >= 15 is 0 Å². The van der Waals surface area contributed by atoms with E-state index in [0.29, 0.717) is 49.3 Å². The van der Waals surface area contributed by atoms with E-state index in [4.69, 9.17) is 62.5 Å². The van der Waals surface area contributed by atoms with Gasteiger partial charge in [0.25, 0.3) is 0 Å². The number of aryl methyl sites for hydroxylation is 2. The van der Waals surface area contributed by atoms with Gasteiger partial charge in [-0.25, -0.2) is 28.8 Å². The number of aliphatic imine (C=N–C) groups is 2. The number of carboxylic acid groups (broad SMARTS) is 4. The number of alkyl halides is 12. The van der Waals surface area contributed by atoms with E-state index < -0.39 is 48.6 Å². The van der Waals surface area contributed by atoms with Crippen LogP contribution in [0.1, 0.15) is 61.4 Å². The zero-order valence-corrected chi connectivity index (χ0v) is 36.1. The molecular formula is C30H44F12N14O10S2. The second-order valence-corrected chi connectivity index (χ2v) is 14.1. The molecule has 0 aliphatic rings. The van der Waals surface area contributed by atoms with Crippen molar-refractivity contribution in [2.24, 2.45) is 21.5 Å². The van der Waals surface area contributed by atoms with Gasteiger partial charge in [0.1, 0.15) is 10.0 Å². The summed E-state index contributed by atoms with van der Waals surface area (Å²) >= 11 is 2.70. The molecule has 24 nitrogen and oxygen atoms in total. The number of nitrogens with two attached hydrogens (primary N) is 4. The van der Waals surface area contributed by atoms with Crippen LogP contribution in [0.15, 0.2) is 9.98 Å². The van der Waals surface area contributed by atoms with Gasteiger partial charge >= 0.3 is 60.6 Å². The van der Waals surface area contributed by atoms with E-state index in [1.165, 1.54) is 22.7 Å². The number of anilines is 2. The normalized spacial score (nSPS) is 11.6. The fourth-order valence-electron chi connectivity index (χ4n) is 3.36. The molecule has 16 N–H and O–H groups in total. The van der Waals surface area contributed by atoms with Crippen LogP contribution in [0.5, 0.6) is 0 Å². The van der Waals surface area contributed by atoms with E-state index in [-0.39, 0.29) is 24.0 Å². The summed E-state index contributed by atoms with van der Waals surface area (Å²) in [6, 6.07) is -0.737. The number of unbranched alkanes of at least 4 members (excludes halogenated alkanes) is 5. The molecule has 2 heterocycles. The number of nitrogens with one attached hydrogen (secondary N) is 4. The predicted octanol–water partition coefficient (Wildman–Crippen LogP) is 3.22. The van der Waals surface area contributed by atoms with Crippen LogP contribution < -0.4 is 44.2 Å². The zero-order valence-electron chi connectivity index (χ0n) is 34.5. The third-order valence-corrected chi connectivity index (χ3v) is 7.88. The Balaban J connectivity index is -0.00000121. The molecule has 0 aliphatic heterocycles. The van der Waals surface area contributed by atoms with Gasteiger partial charge in [-0.05, 0) is 25.7 Å². The molecule has 2 aromatic heterocycles.